The van der Waals surface area contributed by atoms with Gasteiger partial charge in [0.1, 0.15) is 11.0 Å². The Morgan fingerprint density at radius 2 is 0.630 bits per heavy atom. The summed E-state index contributed by atoms with van der Waals surface area (Å²) in [6.45, 7) is 3.94. The molecule has 0 spiro atoms. The third-order valence-electron chi connectivity index (χ3n) is 8.12. The molecule has 0 N–H and O–H groups in total. The van der Waals surface area contributed by atoms with Crippen LogP contribution in [0.4, 0.5) is 0 Å². The highest BCUT2D eigenvalue weighted by Gasteiger charge is 2.16. The molecule has 0 saturated heterocycles. The normalized spacial score (nSPS) is 11.3. The fourth-order valence-electron chi connectivity index (χ4n) is 5.76. The maximum atomic E-state index is 5.07. The number of aromatic nitrogens is 6. The van der Waals surface area contributed by atoms with Crippen molar-refractivity contribution >= 4 is 22.1 Å². The molecule has 0 saturated carbocycles. The summed E-state index contributed by atoms with van der Waals surface area (Å²) in [5.74, 6) is 0. The largest absolute Gasteiger partial charge is 0.259 e. The monoisotopic (exact) mass is 592 g/mol. The first kappa shape index (κ1) is 27.4. The second-order valence-corrected chi connectivity index (χ2v) is 11.4. The minimum atomic E-state index is 0.781. The highest BCUT2D eigenvalue weighted by atomic mass is 14.9. The summed E-state index contributed by atoms with van der Waals surface area (Å²) in [7, 11) is 0. The van der Waals surface area contributed by atoms with E-state index in [0.29, 0.717) is 0 Å². The van der Waals surface area contributed by atoms with Crippen LogP contribution in [-0.2, 0) is 0 Å². The van der Waals surface area contributed by atoms with Crippen LogP contribution < -0.4 is 0 Å². The molecule has 0 radical (unpaired) electrons. The van der Waals surface area contributed by atoms with E-state index in [1.807, 2.05) is 62.4 Å². The predicted molar refractivity (Wildman–Crippen MR) is 185 cm³/mol. The molecule has 218 valence electrons. The van der Waals surface area contributed by atoms with Crippen molar-refractivity contribution in [1.29, 1.82) is 0 Å². The molecule has 46 heavy (non-hydrogen) atoms. The van der Waals surface area contributed by atoms with Crippen LogP contribution in [0, 0.1) is 13.8 Å². The number of aryl methyl sites for hydroxylation is 2. The van der Waals surface area contributed by atoms with Crippen LogP contribution in [-0.4, -0.2) is 29.9 Å². The van der Waals surface area contributed by atoms with Crippen LogP contribution in [0.3, 0.4) is 0 Å². The van der Waals surface area contributed by atoms with Crippen LogP contribution >= 0.6 is 0 Å². The topological polar surface area (TPSA) is 77.3 Å². The van der Waals surface area contributed by atoms with Gasteiger partial charge in [-0.1, -0.05) is 109 Å². The molecule has 4 aromatic heterocycles. The molecule has 0 aliphatic rings. The van der Waals surface area contributed by atoms with Gasteiger partial charge in [-0.25, -0.2) is 19.9 Å². The molecular weight excluding hydrogens is 564 g/mol. The van der Waals surface area contributed by atoms with E-state index in [2.05, 4.69) is 82.8 Å². The molecule has 0 aliphatic carbocycles. The molecule has 0 amide bonds. The molecule has 4 heterocycles. The van der Waals surface area contributed by atoms with Crippen LogP contribution in [0.1, 0.15) is 11.4 Å². The number of fused-ring (bicyclic) bond motifs is 2. The summed E-state index contributed by atoms with van der Waals surface area (Å²) in [5.41, 5.74) is 14.7. The van der Waals surface area contributed by atoms with Crippen LogP contribution in [0.15, 0.2) is 134 Å². The maximum absolute atomic E-state index is 5.07. The lowest BCUT2D eigenvalue weighted by molar-refractivity contribution is 1.18. The first-order valence-electron chi connectivity index (χ1n) is 15.2. The van der Waals surface area contributed by atoms with Gasteiger partial charge < -0.3 is 0 Å². The van der Waals surface area contributed by atoms with Crippen molar-refractivity contribution in [1.82, 2.24) is 29.9 Å². The fourth-order valence-corrected chi connectivity index (χ4v) is 5.76. The highest BCUT2D eigenvalue weighted by Crippen LogP contribution is 2.35. The molecule has 6 heteroatoms. The molecule has 4 aromatic carbocycles. The van der Waals surface area contributed by atoms with E-state index >= 15 is 0 Å². The summed E-state index contributed by atoms with van der Waals surface area (Å²) in [6.07, 6.45) is 3.59. The highest BCUT2D eigenvalue weighted by molar-refractivity contribution is 5.88. The third kappa shape index (κ3) is 5.16. The van der Waals surface area contributed by atoms with Crippen molar-refractivity contribution in [2.24, 2.45) is 0 Å². The maximum Gasteiger partial charge on any atom is 0.108 e. The molecule has 0 bridgehead atoms. The minimum Gasteiger partial charge on any atom is -0.259 e. The van der Waals surface area contributed by atoms with Gasteiger partial charge in [0, 0.05) is 33.6 Å². The molecule has 0 fully saturated rings. The van der Waals surface area contributed by atoms with Gasteiger partial charge >= 0.3 is 0 Å². The van der Waals surface area contributed by atoms with Crippen LogP contribution in [0.5, 0.6) is 0 Å². The first-order chi connectivity index (χ1) is 22.6. The number of benzene rings is 4. The Morgan fingerprint density at radius 3 is 1.00 bits per heavy atom. The average molecular weight is 593 g/mol. The van der Waals surface area contributed by atoms with E-state index < -0.39 is 0 Å². The molecule has 0 atom stereocenters. The van der Waals surface area contributed by atoms with Crippen LogP contribution in [0.2, 0.25) is 0 Å². The van der Waals surface area contributed by atoms with Gasteiger partial charge in [-0.05, 0) is 37.1 Å². The van der Waals surface area contributed by atoms with E-state index in [-0.39, 0.29) is 0 Å². The Kier molecular flexibility index (Phi) is 6.80. The van der Waals surface area contributed by atoms with E-state index in [9.17, 15) is 0 Å². The van der Waals surface area contributed by atoms with Gasteiger partial charge in [0.2, 0.25) is 0 Å². The lowest BCUT2D eigenvalue weighted by Crippen LogP contribution is -1.97. The van der Waals surface area contributed by atoms with Crippen molar-refractivity contribution in [3.05, 3.63) is 145 Å². The summed E-state index contributed by atoms with van der Waals surface area (Å²) in [5, 5.41) is 0. The second-order valence-electron chi connectivity index (χ2n) is 11.4. The smallest absolute Gasteiger partial charge is 0.108 e. The Bertz CT molecular complexity index is 2180. The SMILES string of the molecule is Cc1cc2nc(-c3ccc(-c4ccc(-c5nc6cc(C)ncc6nc5-c5ccccc5)cc4)cc3)c(-c3ccccc3)nc2cn1. The number of hydrogen-bond acceptors (Lipinski definition) is 6. The van der Waals surface area contributed by atoms with Gasteiger partial charge in [-0.3, -0.25) is 9.97 Å². The predicted octanol–water partition coefficient (Wildman–Crippen LogP) is 9.31. The van der Waals surface area contributed by atoms with Crippen molar-refractivity contribution in [2.45, 2.75) is 13.8 Å². The number of rotatable bonds is 5. The van der Waals surface area contributed by atoms with E-state index in [0.717, 1.165) is 89.6 Å². The molecule has 8 aromatic rings. The lowest BCUT2D eigenvalue weighted by Gasteiger charge is -2.12. The second kappa shape index (κ2) is 11.4. The molecule has 0 aliphatic heterocycles. The molecule has 6 nitrogen and oxygen atoms in total. The Hall–Kier alpha value is -6.14. The summed E-state index contributed by atoms with van der Waals surface area (Å²) < 4.78 is 0. The quantitative estimate of drug-likeness (QED) is 0.198. The Labute approximate surface area is 266 Å². The van der Waals surface area contributed by atoms with Gasteiger partial charge in [0.25, 0.3) is 0 Å². The fraction of sp³-hybridized carbons (Fsp3) is 0.0500. The first-order valence-corrected chi connectivity index (χ1v) is 15.2. The standard InChI is InChI=1S/C40H28N6/c1-25-21-33-35(23-41-25)45-37(29-9-5-3-6-10-29)39(43-33)31-17-13-27(14-18-31)28-15-19-32(20-16-28)40-38(30-11-7-4-8-12-30)46-36-24-42-26(2)22-34(36)44-40/h3-24H,1-2H3. The van der Waals surface area contributed by atoms with E-state index in [1.165, 1.54) is 0 Å². The Balaban J connectivity index is 1.17. The van der Waals surface area contributed by atoms with Crippen molar-refractivity contribution in [2.75, 3.05) is 0 Å². The molecule has 0 unspecified atom stereocenters. The van der Waals surface area contributed by atoms with Crippen molar-refractivity contribution in [3.63, 3.8) is 0 Å². The summed E-state index contributed by atoms with van der Waals surface area (Å²) in [4.78, 5) is 29.0. The van der Waals surface area contributed by atoms with Crippen molar-refractivity contribution < 1.29 is 0 Å². The molecule has 8 rings (SSSR count). The lowest BCUT2D eigenvalue weighted by atomic mass is 9.98. The zero-order chi connectivity index (χ0) is 31.0. The average Bonchev–Trinajstić information content (AvgIpc) is 3.11. The van der Waals surface area contributed by atoms with Gasteiger partial charge in [-0.2, -0.15) is 0 Å². The van der Waals surface area contributed by atoms with Gasteiger partial charge in [-0.15, -0.1) is 0 Å². The third-order valence-corrected chi connectivity index (χ3v) is 8.12. The van der Waals surface area contributed by atoms with Gasteiger partial charge in [0.05, 0.1) is 46.2 Å². The number of nitrogens with zero attached hydrogens (tertiary/aromatic N) is 6. The minimum absolute atomic E-state index is 0.781. The zero-order valence-corrected chi connectivity index (χ0v) is 25.4. The number of hydrogen-bond donors (Lipinski definition) is 0. The van der Waals surface area contributed by atoms with E-state index in [4.69, 9.17) is 19.9 Å². The molecular formula is C40H28N6. The number of pyridine rings is 2. The van der Waals surface area contributed by atoms with Gasteiger partial charge in [0.15, 0.2) is 0 Å². The summed E-state index contributed by atoms with van der Waals surface area (Å²) in [6, 6.07) is 41.4. The van der Waals surface area contributed by atoms with E-state index in [1.54, 1.807) is 12.4 Å². The summed E-state index contributed by atoms with van der Waals surface area (Å²) >= 11 is 0. The van der Waals surface area contributed by atoms with Crippen LogP contribution in [0.25, 0.3) is 78.2 Å². The zero-order valence-electron chi connectivity index (χ0n) is 25.4. The van der Waals surface area contributed by atoms with Crippen molar-refractivity contribution in [3.8, 4) is 56.2 Å². The Morgan fingerprint density at radius 1 is 0.326 bits per heavy atom.